The zero-order valence-corrected chi connectivity index (χ0v) is 23.0. The number of nitrogens with one attached hydrogen (secondary N) is 2. The number of carbonyl (C=O) groups is 1. The number of thiophene rings is 1. The number of nitrogens with zero attached hydrogens (tertiary/aromatic N) is 6. The van der Waals surface area contributed by atoms with E-state index in [2.05, 4.69) is 35.9 Å². The molecule has 0 unspecified atom stereocenters. The molecule has 5 aromatic rings. The lowest BCUT2D eigenvalue weighted by molar-refractivity contribution is -0.115. The largest absolute Gasteiger partial charge is 0.328 e. The standard InChI is InChI=1S/C27H27FN8OS2/c1-17-15-36-22(23-6-5-19(38-23)12-24(37)32-21-7-8-29-13-20(21)28)14-30-27(36)26(31-17)33-25-11-18(34-39-25)16-35-9-3-2-4-10-35/h5-8,11,13-15H,2-4,9-10,12,16H2,1H3,(H,31,33)(H,29,32,37). The van der Waals surface area contributed by atoms with E-state index in [0.717, 1.165) is 57.7 Å². The Balaban J connectivity index is 1.18. The number of halogens is 1. The minimum Gasteiger partial charge on any atom is -0.328 e. The van der Waals surface area contributed by atoms with Gasteiger partial charge < -0.3 is 10.6 Å². The zero-order valence-electron chi connectivity index (χ0n) is 21.4. The Bertz CT molecular complexity index is 1620. The first-order valence-electron chi connectivity index (χ1n) is 12.8. The van der Waals surface area contributed by atoms with Crippen molar-refractivity contribution in [2.75, 3.05) is 23.7 Å². The first kappa shape index (κ1) is 25.5. The molecule has 0 atom stereocenters. The fourth-order valence-electron chi connectivity index (χ4n) is 4.72. The van der Waals surface area contributed by atoms with Crippen LogP contribution in [0.2, 0.25) is 0 Å². The lowest BCUT2D eigenvalue weighted by Crippen LogP contribution is -2.29. The van der Waals surface area contributed by atoms with Crippen LogP contribution in [0, 0.1) is 12.7 Å². The third kappa shape index (κ3) is 5.82. The number of anilines is 3. The molecule has 0 radical (unpaired) electrons. The van der Waals surface area contributed by atoms with Crippen molar-refractivity contribution in [1.82, 2.24) is 28.6 Å². The van der Waals surface area contributed by atoms with Crippen molar-refractivity contribution >= 4 is 50.9 Å². The molecular weight excluding hydrogens is 535 g/mol. The van der Waals surface area contributed by atoms with Crippen LogP contribution >= 0.6 is 22.9 Å². The Morgan fingerprint density at radius 2 is 2.03 bits per heavy atom. The molecule has 1 fully saturated rings. The highest BCUT2D eigenvalue weighted by Gasteiger charge is 2.17. The smallest absolute Gasteiger partial charge is 0.229 e. The van der Waals surface area contributed by atoms with Crippen molar-refractivity contribution in [1.29, 1.82) is 0 Å². The highest BCUT2D eigenvalue weighted by Crippen LogP contribution is 2.32. The minimum absolute atomic E-state index is 0.121. The van der Waals surface area contributed by atoms with E-state index >= 15 is 0 Å². The molecule has 5 aromatic heterocycles. The molecule has 0 aromatic carbocycles. The molecule has 0 saturated carbocycles. The number of rotatable bonds is 8. The molecular formula is C27H27FN8OS2. The minimum atomic E-state index is -0.562. The van der Waals surface area contributed by atoms with Crippen LogP contribution in [0.15, 0.2) is 49.1 Å². The summed E-state index contributed by atoms with van der Waals surface area (Å²) in [5.74, 6) is -0.180. The maximum atomic E-state index is 13.8. The second-order valence-corrected chi connectivity index (χ2v) is 11.5. The van der Waals surface area contributed by atoms with Gasteiger partial charge in [-0.2, -0.15) is 4.37 Å². The molecule has 12 heteroatoms. The summed E-state index contributed by atoms with van der Waals surface area (Å²) in [6, 6.07) is 7.42. The molecule has 0 aliphatic carbocycles. The number of pyridine rings is 1. The van der Waals surface area contributed by atoms with Crippen LogP contribution < -0.4 is 10.6 Å². The molecule has 6 heterocycles. The van der Waals surface area contributed by atoms with Gasteiger partial charge in [0.15, 0.2) is 17.3 Å². The topological polar surface area (TPSA) is 100 Å². The Morgan fingerprint density at radius 1 is 1.15 bits per heavy atom. The van der Waals surface area contributed by atoms with E-state index in [0.29, 0.717) is 11.5 Å². The van der Waals surface area contributed by atoms with Gasteiger partial charge in [-0.25, -0.2) is 14.4 Å². The Labute approximate surface area is 232 Å². The molecule has 39 heavy (non-hydrogen) atoms. The van der Waals surface area contributed by atoms with Gasteiger partial charge in [-0.15, -0.1) is 11.3 Å². The molecule has 9 nitrogen and oxygen atoms in total. The van der Waals surface area contributed by atoms with Gasteiger partial charge in [0.25, 0.3) is 0 Å². The van der Waals surface area contributed by atoms with Gasteiger partial charge in [0.1, 0.15) is 5.00 Å². The van der Waals surface area contributed by atoms with Crippen molar-refractivity contribution in [2.24, 2.45) is 0 Å². The average molecular weight is 563 g/mol. The van der Waals surface area contributed by atoms with Gasteiger partial charge in [0, 0.05) is 23.8 Å². The number of piperidine rings is 1. The summed E-state index contributed by atoms with van der Waals surface area (Å²) >= 11 is 2.94. The van der Waals surface area contributed by atoms with E-state index < -0.39 is 5.82 Å². The predicted molar refractivity (Wildman–Crippen MR) is 152 cm³/mol. The summed E-state index contributed by atoms with van der Waals surface area (Å²) < 4.78 is 20.5. The first-order chi connectivity index (χ1) is 19.0. The molecule has 200 valence electrons. The summed E-state index contributed by atoms with van der Waals surface area (Å²) in [6.45, 7) is 5.09. The quantitative estimate of drug-likeness (QED) is 0.251. The van der Waals surface area contributed by atoms with E-state index in [1.165, 1.54) is 54.4 Å². The first-order valence-corrected chi connectivity index (χ1v) is 14.4. The summed E-state index contributed by atoms with van der Waals surface area (Å²) in [5.41, 5.74) is 3.65. The Hall–Kier alpha value is -3.74. The van der Waals surface area contributed by atoms with Crippen molar-refractivity contribution in [2.45, 2.75) is 39.2 Å². The highest BCUT2D eigenvalue weighted by molar-refractivity contribution is 7.15. The third-order valence-corrected chi connectivity index (χ3v) is 8.39. The van der Waals surface area contributed by atoms with E-state index in [1.54, 1.807) is 0 Å². The van der Waals surface area contributed by atoms with Crippen molar-refractivity contribution < 1.29 is 9.18 Å². The number of aromatic nitrogens is 5. The van der Waals surface area contributed by atoms with Gasteiger partial charge in [0.05, 0.1) is 46.5 Å². The number of aryl methyl sites for hydroxylation is 1. The van der Waals surface area contributed by atoms with Crippen LogP contribution in [0.1, 0.15) is 35.5 Å². The van der Waals surface area contributed by atoms with E-state index in [4.69, 9.17) is 4.98 Å². The van der Waals surface area contributed by atoms with E-state index in [9.17, 15) is 9.18 Å². The van der Waals surface area contributed by atoms with Crippen LogP contribution in [-0.4, -0.2) is 47.6 Å². The monoisotopic (exact) mass is 562 g/mol. The zero-order chi connectivity index (χ0) is 26.8. The molecule has 0 bridgehead atoms. The summed E-state index contributed by atoms with van der Waals surface area (Å²) in [5, 5.41) is 6.97. The van der Waals surface area contributed by atoms with Gasteiger partial charge >= 0.3 is 0 Å². The number of fused-ring (bicyclic) bond motifs is 1. The molecule has 1 amide bonds. The number of imidazole rings is 1. The third-order valence-electron chi connectivity index (χ3n) is 6.54. The Kier molecular flexibility index (Phi) is 7.31. The normalized spacial score (nSPS) is 14.1. The van der Waals surface area contributed by atoms with Crippen molar-refractivity contribution in [3.8, 4) is 10.6 Å². The van der Waals surface area contributed by atoms with Crippen molar-refractivity contribution in [3.63, 3.8) is 0 Å². The number of hydrogen-bond acceptors (Lipinski definition) is 9. The maximum absolute atomic E-state index is 13.8. The van der Waals surface area contributed by atoms with Gasteiger partial charge in [-0.3, -0.25) is 19.1 Å². The Morgan fingerprint density at radius 3 is 2.87 bits per heavy atom. The van der Waals surface area contributed by atoms with Gasteiger partial charge in [-0.05, 0) is 68.7 Å². The fourth-order valence-corrected chi connectivity index (χ4v) is 6.39. The van der Waals surface area contributed by atoms with E-state index in [-0.39, 0.29) is 18.0 Å². The number of carbonyl (C=O) groups excluding carboxylic acids is 1. The molecule has 1 saturated heterocycles. The lowest BCUT2D eigenvalue weighted by atomic mass is 10.1. The molecule has 0 spiro atoms. The maximum Gasteiger partial charge on any atom is 0.229 e. The molecule has 2 N–H and O–H groups in total. The molecule has 6 rings (SSSR count). The number of hydrogen-bond donors (Lipinski definition) is 2. The molecule has 1 aliphatic rings. The summed E-state index contributed by atoms with van der Waals surface area (Å²) in [7, 11) is 0. The van der Waals surface area contributed by atoms with Crippen LogP contribution in [0.25, 0.3) is 16.2 Å². The van der Waals surface area contributed by atoms with Gasteiger partial charge in [0.2, 0.25) is 5.91 Å². The average Bonchev–Trinajstić information content (AvgIpc) is 3.66. The number of likely N-dealkylation sites (tertiary alicyclic amines) is 1. The van der Waals surface area contributed by atoms with Gasteiger partial charge in [-0.1, -0.05) is 6.42 Å². The summed E-state index contributed by atoms with van der Waals surface area (Å²) in [4.78, 5) is 29.9. The van der Waals surface area contributed by atoms with E-state index in [1.807, 2.05) is 35.9 Å². The molecule has 1 aliphatic heterocycles. The fraction of sp³-hybridized carbons (Fsp3) is 0.296. The SMILES string of the molecule is Cc1cn2c(-c3ccc(CC(=O)Nc4ccncc4F)s3)cnc2c(Nc2cc(CN3CCCCC3)ns2)n1. The second-order valence-electron chi connectivity index (χ2n) is 9.56. The highest BCUT2D eigenvalue weighted by atomic mass is 32.1. The van der Waals surface area contributed by atoms with Crippen LogP contribution in [-0.2, 0) is 17.8 Å². The number of amides is 1. The lowest BCUT2D eigenvalue weighted by Gasteiger charge is -2.25. The predicted octanol–water partition coefficient (Wildman–Crippen LogP) is 5.67. The van der Waals surface area contributed by atoms with Crippen LogP contribution in [0.4, 0.5) is 20.9 Å². The van der Waals surface area contributed by atoms with Crippen LogP contribution in [0.3, 0.4) is 0 Å². The van der Waals surface area contributed by atoms with Crippen molar-refractivity contribution in [3.05, 3.63) is 71.1 Å². The second kappa shape index (κ2) is 11.2. The van der Waals surface area contributed by atoms with Crippen LogP contribution in [0.5, 0.6) is 0 Å². The summed E-state index contributed by atoms with van der Waals surface area (Å²) in [6.07, 6.45) is 10.3.